The summed E-state index contributed by atoms with van der Waals surface area (Å²) in [5.74, 6) is 0. The lowest BCUT2D eigenvalue weighted by atomic mass is 10.0. The summed E-state index contributed by atoms with van der Waals surface area (Å²) in [5, 5.41) is 2.57. The van der Waals surface area contributed by atoms with E-state index in [4.69, 9.17) is 9.57 Å². The van der Waals surface area contributed by atoms with Crippen LogP contribution < -0.4 is 5.48 Å². The van der Waals surface area contributed by atoms with Crippen molar-refractivity contribution in [3.63, 3.8) is 0 Å². The molecule has 2 aliphatic rings. The van der Waals surface area contributed by atoms with Crippen molar-refractivity contribution in [2.45, 2.75) is 6.10 Å². The molecule has 2 aromatic carbocycles. The van der Waals surface area contributed by atoms with Crippen LogP contribution in [-0.4, -0.2) is 19.3 Å². The van der Waals surface area contributed by atoms with Crippen LogP contribution in [0.25, 0.3) is 22.5 Å². The highest BCUT2D eigenvalue weighted by Crippen LogP contribution is 2.34. The third kappa shape index (κ3) is 1.60. The molecule has 3 heteroatoms. The Balaban J connectivity index is 1.64. The van der Waals surface area contributed by atoms with E-state index in [1.807, 2.05) is 0 Å². The van der Waals surface area contributed by atoms with Gasteiger partial charge in [-0.2, -0.15) is 0 Å². The molecule has 1 aliphatic carbocycles. The summed E-state index contributed by atoms with van der Waals surface area (Å²) >= 11 is 0. The topological polar surface area (TPSA) is 33.8 Å². The van der Waals surface area contributed by atoms with Gasteiger partial charge in [-0.3, -0.25) is 10.3 Å². The van der Waals surface area contributed by atoms with Crippen LogP contribution in [0.3, 0.4) is 0 Å². The maximum absolute atomic E-state index is 5.46. The molecule has 1 aliphatic heterocycles. The van der Waals surface area contributed by atoms with Gasteiger partial charge in [0.05, 0.1) is 12.3 Å². The minimum Gasteiger partial charge on any atom is -0.371 e. The number of hydrogen-bond acceptors (Lipinski definition) is 3. The Labute approximate surface area is 105 Å². The Morgan fingerprint density at radius 1 is 1.22 bits per heavy atom. The number of hydrogen-bond donors (Lipinski definition) is 1. The average molecular weight is 239 g/mol. The van der Waals surface area contributed by atoms with Gasteiger partial charge < -0.3 is 4.74 Å². The van der Waals surface area contributed by atoms with Crippen LogP contribution in [-0.2, 0) is 9.57 Å². The van der Waals surface area contributed by atoms with Crippen LogP contribution in [0.15, 0.2) is 36.4 Å². The Kier molecular flexibility index (Phi) is 2.15. The molecule has 1 saturated heterocycles. The van der Waals surface area contributed by atoms with E-state index in [0.717, 1.165) is 12.3 Å². The molecule has 1 N–H and O–H groups in total. The predicted octanol–water partition coefficient (Wildman–Crippen LogP) is 2.57. The van der Waals surface area contributed by atoms with E-state index < -0.39 is 0 Å². The number of ether oxygens (including phenoxy) is 1. The van der Waals surface area contributed by atoms with E-state index in [0.29, 0.717) is 6.61 Å². The molecule has 0 unspecified atom stereocenters. The van der Waals surface area contributed by atoms with Gasteiger partial charge in [0.15, 0.2) is 0 Å². The van der Waals surface area contributed by atoms with Crippen molar-refractivity contribution in [1.82, 2.24) is 5.48 Å². The van der Waals surface area contributed by atoms with Gasteiger partial charge in [-0.1, -0.05) is 36.4 Å². The van der Waals surface area contributed by atoms with Gasteiger partial charge in [0, 0.05) is 5.56 Å². The van der Waals surface area contributed by atoms with Crippen molar-refractivity contribution < 1.29 is 9.57 Å². The molecule has 0 aromatic heterocycles. The number of nitrogens with one attached hydrogen (secondary N) is 1. The van der Waals surface area contributed by atoms with Crippen molar-refractivity contribution >= 4 is 22.5 Å². The number of hydroxylamine groups is 1. The van der Waals surface area contributed by atoms with E-state index in [-0.39, 0.29) is 6.10 Å². The minimum absolute atomic E-state index is 0.276. The van der Waals surface area contributed by atoms with Gasteiger partial charge in [-0.25, -0.2) is 0 Å². The second-order valence-corrected chi connectivity index (χ2v) is 4.68. The van der Waals surface area contributed by atoms with Gasteiger partial charge in [-0.05, 0) is 22.4 Å². The Hall–Kier alpha value is -1.84. The standard InChI is InChI=1S/C15H13NO2/c1-3-10-4-2-6-13-14(7-11(5-1)15(10)13)16-18-9-12-8-17-12/h1-7,12,16H,8-9H2/t12-/m1/s1. The zero-order chi connectivity index (χ0) is 11.9. The van der Waals surface area contributed by atoms with E-state index in [1.165, 1.54) is 21.9 Å². The van der Waals surface area contributed by atoms with E-state index in [2.05, 4.69) is 48.0 Å². The molecule has 0 radical (unpaired) electrons. The SMILES string of the molecule is C1=C(NOC[C@H]2CO2)c2cccc3cccc1c23. The van der Waals surface area contributed by atoms with E-state index in [1.54, 1.807) is 0 Å². The molecule has 18 heavy (non-hydrogen) atoms. The summed E-state index contributed by atoms with van der Waals surface area (Å²) in [6, 6.07) is 12.7. The van der Waals surface area contributed by atoms with Crippen molar-refractivity contribution in [3.05, 3.63) is 47.5 Å². The molecule has 0 saturated carbocycles. The maximum atomic E-state index is 5.46. The normalized spacial score (nSPS) is 20.0. The first-order valence-electron chi connectivity index (χ1n) is 6.15. The third-order valence-electron chi connectivity index (χ3n) is 3.38. The van der Waals surface area contributed by atoms with Gasteiger partial charge in [0.1, 0.15) is 12.7 Å². The van der Waals surface area contributed by atoms with Crippen molar-refractivity contribution in [3.8, 4) is 0 Å². The van der Waals surface area contributed by atoms with Crippen molar-refractivity contribution in [2.75, 3.05) is 13.2 Å². The Bertz CT molecular complexity index is 639. The van der Waals surface area contributed by atoms with Gasteiger partial charge in [0.2, 0.25) is 0 Å². The van der Waals surface area contributed by atoms with Gasteiger partial charge in [0.25, 0.3) is 0 Å². The molecular formula is C15H13NO2. The highest BCUT2D eigenvalue weighted by Gasteiger charge is 2.23. The molecule has 0 amide bonds. The molecule has 0 spiro atoms. The molecule has 0 bridgehead atoms. The summed E-state index contributed by atoms with van der Waals surface area (Å²) in [5.41, 5.74) is 6.53. The monoisotopic (exact) mass is 239 g/mol. The molecule has 1 atom stereocenters. The first-order valence-corrected chi connectivity index (χ1v) is 6.15. The van der Waals surface area contributed by atoms with Crippen LogP contribution in [0.2, 0.25) is 0 Å². The number of rotatable bonds is 4. The first kappa shape index (κ1) is 10.1. The van der Waals surface area contributed by atoms with Gasteiger partial charge >= 0.3 is 0 Å². The summed E-state index contributed by atoms with van der Waals surface area (Å²) < 4.78 is 5.11. The summed E-state index contributed by atoms with van der Waals surface area (Å²) in [6.07, 6.45) is 2.41. The molecule has 3 nitrogen and oxygen atoms in total. The van der Waals surface area contributed by atoms with E-state index >= 15 is 0 Å². The predicted molar refractivity (Wildman–Crippen MR) is 70.6 cm³/mol. The van der Waals surface area contributed by atoms with Crippen molar-refractivity contribution in [2.24, 2.45) is 0 Å². The molecular weight excluding hydrogens is 226 g/mol. The summed E-state index contributed by atoms with van der Waals surface area (Å²) in [7, 11) is 0. The van der Waals surface area contributed by atoms with Crippen LogP contribution >= 0.6 is 0 Å². The lowest BCUT2D eigenvalue weighted by Gasteiger charge is -2.08. The average Bonchev–Trinajstić information content (AvgIpc) is 3.15. The number of benzene rings is 2. The quantitative estimate of drug-likeness (QED) is 0.657. The van der Waals surface area contributed by atoms with Crippen LogP contribution in [0.4, 0.5) is 0 Å². The second kappa shape index (κ2) is 3.83. The molecule has 1 heterocycles. The third-order valence-corrected chi connectivity index (χ3v) is 3.38. The highest BCUT2D eigenvalue weighted by molar-refractivity contribution is 6.08. The minimum atomic E-state index is 0.276. The van der Waals surface area contributed by atoms with Crippen LogP contribution in [0, 0.1) is 0 Å². The zero-order valence-electron chi connectivity index (χ0n) is 9.85. The Morgan fingerprint density at radius 3 is 2.89 bits per heavy atom. The fraction of sp³-hybridized carbons (Fsp3) is 0.200. The molecule has 4 rings (SSSR count). The Morgan fingerprint density at radius 2 is 2.06 bits per heavy atom. The summed E-state index contributed by atoms with van der Waals surface area (Å²) in [6.45, 7) is 1.42. The maximum Gasteiger partial charge on any atom is 0.107 e. The first-order chi connectivity index (χ1) is 8.92. The lowest BCUT2D eigenvalue weighted by Crippen LogP contribution is -2.15. The smallest absolute Gasteiger partial charge is 0.107 e. The van der Waals surface area contributed by atoms with Crippen LogP contribution in [0.5, 0.6) is 0 Å². The van der Waals surface area contributed by atoms with Crippen LogP contribution in [0.1, 0.15) is 11.1 Å². The lowest BCUT2D eigenvalue weighted by molar-refractivity contribution is 0.0658. The number of epoxide rings is 1. The molecule has 90 valence electrons. The largest absolute Gasteiger partial charge is 0.371 e. The van der Waals surface area contributed by atoms with Gasteiger partial charge in [-0.15, -0.1) is 0 Å². The second-order valence-electron chi connectivity index (χ2n) is 4.68. The molecule has 1 fully saturated rings. The zero-order valence-corrected chi connectivity index (χ0v) is 9.85. The molecule has 2 aromatic rings. The fourth-order valence-corrected chi connectivity index (χ4v) is 2.41. The highest BCUT2D eigenvalue weighted by atomic mass is 16.7. The summed E-state index contributed by atoms with van der Waals surface area (Å²) in [4.78, 5) is 5.46. The van der Waals surface area contributed by atoms with Crippen molar-refractivity contribution in [1.29, 1.82) is 0 Å². The van der Waals surface area contributed by atoms with E-state index in [9.17, 15) is 0 Å². The fourth-order valence-electron chi connectivity index (χ4n) is 2.41.